The first-order valence-electron chi connectivity index (χ1n) is 28.6. The number of aromatic hydroxyl groups is 2. The highest BCUT2D eigenvalue weighted by Crippen LogP contribution is 2.58. The van der Waals surface area contributed by atoms with Gasteiger partial charge in [0.15, 0.2) is 0 Å². The lowest BCUT2D eigenvalue weighted by Gasteiger charge is -2.31. The van der Waals surface area contributed by atoms with E-state index >= 15 is 0 Å². The summed E-state index contributed by atoms with van der Waals surface area (Å²) in [6.07, 6.45) is 2.50. The molecule has 0 radical (unpaired) electrons. The maximum Gasteiger partial charge on any atom is 0.284 e. The molecule has 4 aliphatic rings. The van der Waals surface area contributed by atoms with Gasteiger partial charge < -0.3 is 38.6 Å². The molecule has 3 aromatic heterocycles. The second kappa shape index (κ2) is 19.9. The number of fused-ring (bicyclic) bond motifs is 8. The van der Waals surface area contributed by atoms with Gasteiger partial charge in [0.2, 0.25) is 0 Å². The summed E-state index contributed by atoms with van der Waals surface area (Å²) in [4.78, 5) is 30.5. The molecule has 3 aliphatic heterocycles. The fraction of sp³-hybridized carbons (Fsp3) is 0.294. The van der Waals surface area contributed by atoms with Crippen molar-refractivity contribution in [2.24, 2.45) is 23.7 Å². The minimum absolute atomic E-state index is 0.00143. The molecular weight excluding hydrogens is 1030 g/mol. The summed E-state index contributed by atoms with van der Waals surface area (Å²) < 4.78 is 42.9. The molecule has 0 fully saturated rings. The third-order valence-corrected chi connectivity index (χ3v) is 16.2. The summed E-state index contributed by atoms with van der Waals surface area (Å²) in [6.45, 7) is 17.6. The van der Waals surface area contributed by atoms with Crippen molar-refractivity contribution in [1.82, 2.24) is 29.9 Å². The highest BCUT2D eigenvalue weighted by atomic mass is 16.6. The Morgan fingerprint density at radius 2 is 0.488 bits per heavy atom. The van der Waals surface area contributed by atoms with E-state index in [4.69, 9.17) is 58.3 Å². The molecule has 10 aromatic rings. The first-order valence-corrected chi connectivity index (χ1v) is 28.6. The topological polar surface area (TPSA) is 173 Å². The molecule has 2 N–H and O–H groups in total. The largest absolute Gasteiger partial charge is 0.508 e. The molecule has 14 rings (SSSR count). The van der Waals surface area contributed by atoms with Crippen LogP contribution in [0.4, 0.5) is 0 Å². The average molecular weight is 1090 g/mol. The predicted octanol–water partition coefficient (Wildman–Crippen LogP) is 17.6. The summed E-state index contributed by atoms with van der Waals surface area (Å²) in [5.41, 5.74) is 9.99. The smallest absolute Gasteiger partial charge is 0.284 e. The molecule has 6 heterocycles. The van der Waals surface area contributed by atoms with Crippen LogP contribution in [0.25, 0.3) is 33.1 Å². The molecular formula is C68H62N6O8. The van der Waals surface area contributed by atoms with Crippen molar-refractivity contribution in [3.63, 3.8) is 0 Å². The van der Waals surface area contributed by atoms with E-state index in [0.717, 1.165) is 33.4 Å². The number of ether oxygens (including phenoxy) is 6. The van der Waals surface area contributed by atoms with Gasteiger partial charge in [0, 0.05) is 92.4 Å². The Morgan fingerprint density at radius 3 is 0.707 bits per heavy atom. The van der Waals surface area contributed by atoms with Gasteiger partial charge in [-0.05, 0) is 110 Å². The number of phenols is 2. The molecule has 14 nitrogen and oxygen atoms in total. The van der Waals surface area contributed by atoms with E-state index < -0.39 is 23.7 Å². The minimum Gasteiger partial charge on any atom is -0.508 e. The van der Waals surface area contributed by atoms with Crippen molar-refractivity contribution >= 4 is 33.1 Å². The lowest BCUT2D eigenvalue weighted by atomic mass is 9.75. The Kier molecular flexibility index (Phi) is 12.4. The molecule has 0 spiro atoms. The molecule has 0 saturated carbocycles. The van der Waals surface area contributed by atoms with Crippen molar-refractivity contribution in [1.29, 1.82) is 0 Å². The van der Waals surface area contributed by atoms with Crippen LogP contribution in [-0.4, -0.2) is 40.1 Å². The van der Waals surface area contributed by atoms with Crippen LogP contribution in [0.2, 0.25) is 0 Å². The third-order valence-electron chi connectivity index (χ3n) is 16.2. The lowest BCUT2D eigenvalue weighted by Crippen LogP contribution is -2.15. The summed E-state index contributed by atoms with van der Waals surface area (Å²) in [5.74, 6) is 2.41. The quantitative estimate of drug-likeness (QED) is 0.147. The van der Waals surface area contributed by atoms with E-state index in [2.05, 4.69) is 79.7 Å². The number of phenolic OH excluding ortho intramolecular Hbond substituents is 2. The maximum atomic E-state index is 12.8. The van der Waals surface area contributed by atoms with E-state index in [1.165, 1.54) is 0 Å². The number of benzene rings is 7. The number of para-hydroxylation sites is 6. The van der Waals surface area contributed by atoms with E-state index in [1.807, 2.05) is 84.9 Å². The zero-order valence-corrected chi connectivity index (χ0v) is 47.0. The highest BCUT2D eigenvalue weighted by Gasteiger charge is 2.39. The number of hydrogen-bond acceptors (Lipinski definition) is 14. The van der Waals surface area contributed by atoms with Crippen LogP contribution in [0.5, 0.6) is 81.3 Å². The van der Waals surface area contributed by atoms with Gasteiger partial charge in [0.05, 0.1) is 33.1 Å². The highest BCUT2D eigenvalue weighted by molar-refractivity contribution is 5.78. The first kappa shape index (κ1) is 51.1. The Labute approximate surface area is 475 Å². The molecule has 0 amide bonds. The standard InChI is InChI=1S/C68H62N6O8/c1-33(2)21-37-41-25-43-38(22-34(3)4)45-27-47-40(24-36(7)8)48-28-46-39(23-35(5)6)44-26-42(37)56(76)30-58(44)78-64-66(72-52-18-12-10-16-50(52)70-64)80-60(46)32-62(48)82-68-67(73-53-19-13-14-20-54(53)74-68)81-61(47)31-59(45)79-65-63(77-57(43)29-55(41)75)69-49-15-9-11-17-51(49)71-65/h9-20,25-40,75-76H,21-24H2,1-8H3. The molecule has 7 aromatic carbocycles. The predicted molar refractivity (Wildman–Crippen MR) is 313 cm³/mol. The second-order valence-corrected chi connectivity index (χ2v) is 24.1. The van der Waals surface area contributed by atoms with Crippen LogP contribution in [0.3, 0.4) is 0 Å². The molecule has 412 valence electrons. The Morgan fingerprint density at radius 1 is 0.293 bits per heavy atom. The fourth-order valence-electron chi connectivity index (χ4n) is 12.6. The van der Waals surface area contributed by atoms with Gasteiger partial charge in [-0.25, -0.2) is 29.9 Å². The summed E-state index contributed by atoms with van der Waals surface area (Å²) in [7, 11) is 0. The van der Waals surface area contributed by atoms with E-state index in [1.54, 1.807) is 12.1 Å². The van der Waals surface area contributed by atoms with Gasteiger partial charge in [-0.3, -0.25) is 0 Å². The summed E-state index contributed by atoms with van der Waals surface area (Å²) in [5, 5.41) is 25.6. The maximum absolute atomic E-state index is 12.8. The van der Waals surface area contributed by atoms with Gasteiger partial charge in [0.1, 0.15) is 46.0 Å². The van der Waals surface area contributed by atoms with E-state index in [9.17, 15) is 10.2 Å². The summed E-state index contributed by atoms with van der Waals surface area (Å²) in [6, 6.07) is 38.8. The van der Waals surface area contributed by atoms with Crippen LogP contribution in [0, 0.1) is 23.7 Å². The van der Waals surface area contributed by atoms with Gasteiger partial charge in [-0.15, -0.1) is 0 Å². The third kappa shape index (κ3) is 9.04. The zero-order chi connectivity index (χ0) is 56.2. The molecule has 0 saturated heterocycles. The van der Waals surface area contributed by atoms with E-state index in [-0.39, 0.29) is 70.5 Å². The summed E-state index contributed by atoms with van der Waals surface area (Å²) >= 11 is 0. The lowest BCUT2D eigenvalue weighted by molar-refractivity contribution is 0.381. The van der Waals surface area contributed by atoms with Crippen LogP contribution in [-0.2, 0) is 0 Å². The molecule has 82 heavy (non-hydrogen) atoms. The molecule has 2 atom stereocenters. The van der Waals surface area contributed by atoms with Crippen molar-refractivity contribution in [3.8, 4) is 81.3 Å². The number of rotatable bonds is 8. The van der Waals surface area contributed by atoms with Gasteiger partial charge in [-0.2, -0.15) is 0 Å². The van der Waals surface area contributed by atoms with Crippen LogP contribution < -0.4 is 28.4 Å². The van der Waals surface area contributed by atoms with Crippen LogP contribution >= 0.6 is 0 Å². The average Bonchev–Trinajstić information content (AvgIpc) is 3.69. The minimum atomic E-state index is -0.530. The van der Waals surface area contributed by atoms with Gasteiger partial charge in [-0.1, -0.05) is 91.8 Å². The van der Waals surface area contributed by atoms with Gasteiger partial charge >= 0.3 is 0 Å². The van der Waals surface area contributed by atoms with Crippen molar-refractivity contribution in [2.75, 3.05) is 0 Å². The SMILES string of the molecule is CC(C)CC1c2cc3c(cc2O)Oc2nc4ccccc4nc2Oc2cc4c(cc2C3CC(C)C)C(CC(C)C)c2cc3c(cc2Oc2nc5ccccc5nc2O4)Oc2nc4ccccc4nc2Oc2cc(O)c1cc2C3CC(C)C. The van der Waals surface area contributed by atoms with Crippen LogP contribution in [0.15, 0.2) is 121 Å². The number of hydrogen-bond donors (Lipinski definition) is 2. The molecule has 1 aliphatic carbocycles. The van der Waals surface area contributed by atoms with E-state index in [0.29, 0.717) is 104 Å². The molecule has 14 heteroatoms. The normalized spacial score (nSPS) is 17.4. The first-order chi connectivity index (χ1) is 39.7. The number of nitrogens with zero attached hydrogens (tertiary/aromatic N) is 6. The second-order valence-electron chi connectivity index (χ2n) is 24.1. The van der Waals surface area contributed by atoms with Gasteiger partial charge in [0.25, 0.3) is 35.3 Å². The van der Waals surface area contributed by atoms with Crippen LogP contribution in [0.1, 0.15) is 149 Å². The Balaban J connectivity index is 1.17. The molecule has 2 unspecified atom stereocenters. The number of aromatic nitrogens is 6. The van der Waals surface area contributed by atoms with Crippen molar-refractivity contribution in [3.05, 3.63) is 166 Å². The molecule has 8 bridgehead atoms. The Hall–Kier alpha value is -9.04. The fourth-order valence-corrected chi connectivity index (χ4v) is 12.6. The Bertz CT molecular complexity index is 3980. The van der Waals surface area contributed by atoms with Crippen molar-refractivity contribution in [2.45, 2.75) is 105 Å². The zero-order valence-electron chi connectivity index (χ0n) is 47.0. The monoisotopic (exact) mass is 1090 g/mol. The van der Waals surface area contributed by atoms with Crippen molar-refractivity contribution < 1.29 is 38.6 Å².